The maximum absolute atomic E-state index is 15.7. The van der Waals surface area contributed by atoms with Gasteiger partial charge in [-0.3, -0.25) is 57.5 Å². The molecule has 7 aliphatic heterocycles. The van der Waals surface area contributed by atoms with Crippen molar-refractivity contribution in [3.63, 3.8) is 0 Å². The van der Waals surface area contributed by atoms with Crippen LogP contribution in [0, 0.1) is 35.5 Å². The molecule has 6 saturated heterocycles. The van der Waals surface area contributed by atoms with Crippen LogP contribution in [0.2, 0.25) is 0 Å². The minimum atomic E-state index is -4.52. The number of hydrogen-bond donors (Lipinski definition) is 3. The van der Waals surface area contributed by atoms with Gasteiger partial charge in [0.2, 0.25) is 70.9 Å². The predicted molar refractivity (Wildman–Crippen MR) is 394 cm³/mol. The highest BCUT2D eigenvalue weighted by atomic mass is 19.4. The van der Waals surface area contributed by atoms with E-state index >= 15 is 38.4 Å². The van der Waals surface area contributed by atoms with Crippen LogP contribution in [0.1, 0.15) is 207 Å². The smallest absolute Gasteiger partial charge is 0.381 e. The third-order valence-corrected chi connectivity index (χ3v) is 25.5. The Morgan fingerprint density at radius 3 is 1.90 bits per heavy atom. The molecule has 107 heavy (non-hydrogen) atoms. The minimum Gasteiger partial charge on any atom is -0.381 e. The van der Waals surface area contributed by atoms with Gasteiger partial charge in [-0.2, -0.15) is 13.2 Å². The molecule has 1 spiro atoms. The quantitative estimate of drug-likeness (QED) is 0.194. The van der Waals surface area contributed by atoms with Crippen molar-refractivity contribution in [2.45, 2.75) is 280 Å². The number of amides is 12. The van der Waals surface area contributed by atoms with Crippen molar-refractivity contribution in [3.05, 3.63) is 12.2 Å². The second-order valence-electron chi connectivity index (χ2n) is 32.4. The largest absolute Gasteiger partial charge is 0.394 e. The van der Waals surface area contributed by atoms with Crippen molar-refractivity contribution in [2.75, 3.05) is 95.8 Å². The number of hydrogen-bond acceptors (Lipinski definition) is 14. The molecular formula is C78H125F3N12O14. The lowest BCUT2D eigenvalue weighted by Gasteiger charge is -2.46. The summed E-state index contributed by atoms with van der Waals surface area (Å²) in [6, 6.07) is -9.97. The summed E-state index contributed by atoms with van der Waals surface area (Å²) in [5.74, 6) is -10.2. The first-order valence-corrected chi connectivity index (χ1v) is 40.0. The third-order valence-electron chi connectivity index (χ3n) is 25.5. The van der Waals surface area contributed by atoms with Crippen LogP contribution in [0.25, 0.3) is 0 Å². The van der Waals surface area contributed by atoms with E-state index in [2.05, 4.69) is 16.0 Å². The Morgan fingerprint density at radius 2 is 1.27 bits per heavy atom. The first-order valence-electron chi connectivity index (χ1n) is 40.0. The number of methoxy groups -OCH3 is 1. The zero-order chi connectivity index (χ0) is 78.4. The zero-order valence-corrected chi connectivity index (χ0v) is 65.8. The number of halogens is 3. The van der Waals surface area contributed by atoms with Crippen LogP contribution in [0.3, 0.4) is 0 Å². The highest BCUT2D eigenvalue weighted by Gasteiger charge is 2.55. The molecule has 3 unspecified atom stereocenters. The summed E-state index contributed by atoms with van der Waals surface area (Å²) < 4.78 is 54.6. The molecule has 11 aliphatic rings. The molecule has 26 nitrogen and oxygen atoms in total. The monoisotopic (exact) mass is 1510 g/mol. The van der Waals surface area contributed by atoms with E-state index in [1.165, 1.54) is 93.5 Å². The molecule has 3 N–H and O–H groups in total. The van der Waals surface area contributed by atoms with E-state index in [-0.39, 0.29) is 109 Å². The summed E-state index contributed by atoms with van der Waals surface area (Å²) >= 11 is 0. The van der Waals surface area contributed by atoms with E-state index in [0.29, 0.717) is 50.9 Å². The van der Waals surface area contributed by atoms with Gasteiger partial charge >= 0.3 is 6.18 Å². The Morgan fingerprint density at radius 1 is 0.626 bits per heavy atom. The lowest BCUT2D eigenvalue weighted by atomic mass is 9.74. The van der Waals surface area contributed by atoms with Gasteiger partial charge < -0.3 is 69.5 Å². The number of ether oxygens (including phenoxy) is 2. The van der Waals surface area contributed by atoms with Gasteiger partial charge in [0.05, 0.1) is 37.6 Å². The van der Waals surface area contributed by atoms with Crippen LogP contribution in [-0.2, 0) is 67.0 Å². The summed E-state index contributed by atoms with van der Waals surface area (Å²) in [7, 11) is 11.5. The average Bonchev–Trinajstić information content (AvgIpc) is 1.64. The molecule has 0 aromatic carbocycles. The molecule has 0 aromatic heterocycles. The molecule has 0 aromatic rings. The zero-order valence-electron chi connectivity index (χ0n) is 65.8. The maximum Gasteiger partial charge on any atom is 0.394 e. The summed E-state index contributed by atoms with van der Waals surface area (Å²) in [6.07, 6.45) is 8.31. The van der Waals surface area contributed by atoms with Gasteiger partial charge in [-0.05, 0) is 133 Å². The second-order valence-corrected chi connectivity index (χ2v) is 32.4. The van der Waals surface area contributed by atoms with Crippen LogP contribution in [0.15, 0.2) is 12.2 Å². The molecular weight excluding hydrogens is 1390 g/mol. The molecule has 602 valence electrons. The number of likely N-dealkylation sites (N-methyl/N-ethyl adjacent to an activating group) is 7. The Kier molecular flexibility index (Phi) is 30.9. The molecule has 4 aliphatic carbocycles. The Bertz CT molecular complexity index is 3160. The predicted octanol–water partition coefficient (Wildman–Crippen LogP) is 6.22. The van der Waals surface area contributed by atoms with Crippen molar-refractivity contribution in [2.24, 2.45) is 35.5 Å². The standard InChI is InChI=1S/C78H125F3N12O14/c1-13-49(4)66-74(103)87(7)48-65(96)89(9)58-30-21-18-24-41-92(73(58)102)61-42-51-33-31-50(32-34-51)26-19-16-17-20-29-57(68(97)83-66)88(8)64(95)45-60(71(100)85(5)14-2)90(10)75(104)67(53-27-22-23-28-53)91(11)76(105)77(39-25-40-77)84-69(98)59-44-54(107-15-3)46-93(59)70(99)56(82-63(94)47-86(6)72(61)101)38-36-52-35-37-55(78(79,80)81)62(43-52)106-12/h18,21,49-62,66-67H,13-17,19-20,22-48H2,1-12H3,(H,82,94)(H,83,97)(H,84,98)/b21-18-/t49-,50?,51?,52?,54+,55?,56-,57-,58-,59-,60-,61-,62?,66-,67-/m0/s1. The van der Waals surface area contributed by atoms with Crippen molar-refractivity contribution in [1.29, 1.82) is 0 Å². The summed E-state index contributed by atoms with van der Waals surface area (Å²) in [6.45, 7) is 6.38. The number of rotatable bonds is 11. The van der Waals surface area contributed by atoms with Crippen molar-refractivity contribution < 1.29 is 80.2 Å². The number of nitrogens with zero attached hydrogens (tertiary/aromatic N) is 9. The van der Waals surface area contributed by atoms with E-state index in [1.54, 1.807) is 33.9 Å². The van der Waals surface area contributed by atoms with E-state index in [4.69, 9.17) is 9.47 Å². The molecule has 13 atom stereocenters. The van der Waals surface area contributed by atoms with Crippen molar-refractivity contribution >= 4 is 70.9 Å². The van der Waals surface area contributed by atoms with E-state index in [9.17, 15) is 32.3 Å². The van der Waals surface area contributed by atoms with Crippen molar-refractivity contribution in [3.8, 4) is 0 Å². The van der Waals surface area contributed by atoms with Crippen molar-refractivity contribution in [1.82, 2.24) is 60.0 Å². The van der Waals surface area contributed by atoms with Gasteiger partial charge in [-0.1, -0.05) is 103 Å². The lowest BCUT2D eigenvalue weighted by molar-refractivity contribution is -0.215. The molecule has 7 heterocycles. The van der Waals surface area contributed by atoms with E-state index < -0.39 is 180 Å². The highest BCUT2D eigenvalue weighted by molar-refractivity contribution is 6.01. The van der Waals surface area contributed by atoms with E-state index in [0.717, 1.165) is 57.8 Å². The molecule has 6 bridgehead atoms. The van der Waals surface area contributed by atoms with Crippen LogP contribution >= 0.6 is 0 Å². The van der Waals surface area contributed by atoms with Crippen LogP contribution in [-0.4, -0.2) is 283 Å². The fourth-order valence-corrected chi connectivity index (χ4v) is 18.1. The van der Waals surface area contributed by atoms with Crippen LogP contribution in [0.4, 0.5) is 13.2 Å². The summed E-state index contributed by atoms with van der Waals surface area (Å²) in [4.78, 5) is 195. The number of carbonyl (C=O) groups is 12. The number of nitrogens with one attached hydrogen (secondary N) is 3. The van der Waals surface area contributed by atoms with Gasteiger partial charge in [0.15, 0.2) is 0 Å². The Hall–Kier alpha value is -6.91. The van der Waals surface area contributed by atoms with E-state index in [1.807, 2.05) is 13.0 Å². The number of carbonyl (C=O) groups excluding carboxylic acids is 12. The maximum atomic E-state index is 15.7. The Labute approximate surface area is 631 Å². The normalized spacial score (nSPS) is 32.2. The highest BCUT2D eigenvalue weighted by Crippen LogP contribution is 2.44. The lowest BCUT2D eigenvalue weighted by Crippen LogP contribution is -2.68. The van der Waals surface area contributed by atoms with Gasteiger partial charge in [0.1, 0.15) is 53.9 Å². The molecule has 12 amide bonds. The SMILES string of the molecule is CCO[C@@H]1C[C@H]2C(=O)NC3(CCC3)C(=O)N(C)[C@@H](C3CCCC3)C(=O)N(C)[C@H](C(=O)N(C)CC)CC(=O)N(C)[C@H]3CCCCCCC4CCC(CC4)C[C@@H](C(=O)N(C)CC(=O)N[C@@H](CCC4CCC(C(F)(F)F)C(OC)C4)C(=O)N2C1)N1CC/C=C\C[C@@H](C1=O)N(C)C(=O)CN(C)C(=O)[C@H]([C@@H](C)CC)NC3=O. The summed E-state index contributed by atoms with van der Waals surface area (Å²) in [5, 5.41) is 8.94. The topological polar surface area (TPSA) is 289 Å². The molecule has 11 rings (SSSR count). The first kappa shape index (κ1) is 85.7. The number of alkyl halides is 3. The molecule has 29 heteroatoms. The Balaban J connectivity index is 1.24. The second kappa shape index (κ2) is 38.6. The first-order chi connectivity index (χ1) is 50.8. The van der Waals surface area contributed by atoms with Gasteiger partial charge in [-0.25, -0.2) is 0 Å². The van der Waals surface area contributed by atoms with Crippen LogP contribution < -0.4 is 16.0 Å². The van der Waals surface area contributed by atoms with Crippen LogP contribution in [0.5, 0.6) is 0 Å². The minimum absolute atomic E-state index is 0.0177. The third kappa shape index (κ3) is 21.0. The fraction of sp³-hybridized carbons (Fsp3) is 0.821. The van der Waals surface area contributed by atoms with Gasteiger partial charge in [0.25, 0.3) is 0 Å². The molecule has 10 fully saturated rings. The molecule has 4 saturated carbocycles. The molecule has 0 radical (unpaired) electrons. The fourth-order valence-electron chi connectivity index (χ4n) is 18.1. The van der Waals surface area contributed by atoms with Gasteiger partial charge in [0, 0.05) is 89.1 Å². The summed E-state index contributed by atoms with van der Waals surface area (Å²) in [5.41, 5.74) is -1.58. The average molecular weight is 1510 g/mol. The van der Waals surface area contributed by atoms with Gasteiger partial charge in [-0.15, -0.1) is 0 Å².